The molecule has 0 spiro atoms. The summed E-state index contributed by atoms with van der Waals surface area (Å²) < 4.78 is 6.65. The number of anilines is 1. The number of benzene rings is 2. The van der Waals surface area contributed by atoms with Crippen LogP contribution < -0.4 is 15.4 Å². The molecule has 0 aromatic heterocycles. The Labute approximate surface area is 145 Å². The number of halogens is 1. The van der Waals surface area contributed by atoms with Crippen molar-refractivity contribution in [1.82, 2.24) is 5.32 Å². The summed E-state index contributed by atoms with van der Waals surface area (Å²) in [5.74, 6) is 0.494. The van der Waals surface area contributed by atoms with E-state index in [9.17, 15) is 4.79 Å². The Bertz CT molecular complexity index is 644. The fraction of sp³-hybridized carbons (Fsp3) is 0.278. The summed E-state index contributed by atoms with van der Waals surface area (Å²) in [5, 5.41) is 6.20. The fourth-order valence-electron chi connectivity index (χ4n) is 2.06. The number of amides is 1. The van der Waals surface area contributed by atoms with Crippen LogP contribution in [0, 0.1) is 0 Å². The number of para-hydroxylation sites is 1. The third-order valence-corrected chi connectivity index (χ3v) is 3.87. The zero-order chi connectivity index (χ0) is 16.7. The molecule has 5 heteroatoms. The number of carbonyl (C=O) groups excluding carboxylic acids is 1. The van der Waals surface area contributed by atoms with E-state index in [4.69, 9.17) is 4.74 Å². The first-order chi connectivity index (χ1) is 11.1. The summed E-state index contributed by atoms with van der Waals surface area (Å²) in [6.45, 7) is 5.39. The highest BCUT2D eigenvalue weighted by Gasteiger charge is 2.16. The van der Waals surface area contributed by atoms with Crippen LogP contribution in [0.2, 0.25) is 0 Å². The van der Waals surface area contributed by atoms with Crippen LogP contribution in [0.5, 0.6) is 5.75 Å². The minimum absolute atomic E-state index is 0.170. The Morgan fingerprint density at radius 2 is 1.87 bits per heavy atom. The monoisotopic (exact) mass is 376 g/mol. The molecular formula is C18H21BrN2O2. The predicted molar refractivity (Wildman–Crippen MR) is 96.7 cm³/mol. The molecule has 0 saturated carbocycles. The Balaban J connectivity index is 1.99. The highest BCUT2D eigenvalue weighted by molar-refractivity contribution is 9.10. The molecule has 0 saturated heterocycles. The van der Waals surface area contributed by atoms with E-state index in [2.05, 4.69) is 33.5 Å². The highest BCUT2D eigenvalue weighted by Crippen LogP contribution is 2.19. The normalized spacial score (nSPS) is 11.8. The smallest absolute Gasteiger partial charge is 0.265 e. The van der Waals surface area contributed by atoms with E-state index in [-0.39, 0.29) is 5.91 Å². The van der Waals surface area contributed by atoms with Gasteiger partial charge in [0, 0.05) is 16.7 Å². The number of carbonyl (C=O) groups is 1. The first-order valence-corrected chi connectivity index (χ1v) is 8.41. The van der Waals surface area contributed by atoms with Crippen molar-refractivity contribution in [2.45, 2.75) is 26.5 Å². The second-order valence-corrected chi connectivity index (χ2v) is 6.06. The van der Waals surface area contributed by atoms with Gasteiger partial charge in [0.15, 0.2) is 6.10 Å². The summed E-state index contributed by atoms with van der Waals surface area (Å²) in [4.78, 5) is 12.3. The average molecular weight is 377 g/mol. The Kier molecular flexibility index (Phi) is 6.62. The van der Waals surface area contributed by atoms with Crippen LogP contribution in [0.1, 0.15) is 19.4 Å². The van der Waals surface area contributed by atoms with Gasteiger partial charge in [0.25, 0.3) is 5.91 Å². The molecule has 4 nitrogen and oxygen atoms in total. The molecule has 0 heterocycles. The van der Waals surface area contributed by atoms with Crippen molar-refractivity contribution >= 4 is 27.5 Å². The van der Waals surface area contributed by atoms with Gasteiger partial charge in [0.05, 0.1) is 0 Å². The molecule has 122 valence electrons. The molecule has 1 atom stereocenters. The second-order valence-electron chi connectivity index (χ2n) is 5.14. The van der Waals surface area contributed by atoms with Crippen molar-refractivity contribution in [3.63, 3.8) is 0 Å². The molecule has 0 aliphatic heterocycles. The van der Waals surface area contributed by atoms with Crippen molar-refractivity contribution in [3.05, 3.63) is 58.6 Å². The van der Waals surface area contributed by atoms with Crippen molar-refractivity contribution in [1.29, 1.82) is 0 Å². The Morgan fingerprint density at radius 1 is 1.17 bits per heavy atom. The molecule has 0 fully saturated rings. The molecule has 2 N–H and O–H groups in total. The van der Waals surface area contributed by atoms with Crippen LogP contribution >= 0.6 is 15.9 Å². The maximum atomic E-state index is 12.3. The van der Waals surface area contributed by atoms with Crippen molar-refractivity contribution in [2.24, 2.45) is 0 Å². The summed E-state index contributed by atoms with van der Waals surface area (Å²) in [6.07, 6.45) is -0.580. The van der Waals surface area contributed by atoms with Gasteiger partial charge < -0.3 is 15.4 Å². The molecule has 2 aromatic rings. The van der Waals surface area contributed by atoms with Gasteiger partial charge in [-0.1, -0.05) is 41.1 Å². The Morgan fingerprint density at radius 3 is 2.57 bits per heavy atom. The predicted octanol–water partition coefficient (Wildman–Crippen LogP) is 3.96. The van der Waals surface area contributed by atoms with Gasteiger partial charge in [0.2, 0.25) is 0 Å². The second kappa shape index (κ2) is 8.70. The lowest BCUT2D eigenvalue weighted by Crippen LogP contribution is -2.30. The number of rotatable bonds is 7. The minimum atomic E-state index is -0.580. The van der Waals surface area contributed by atoms with Gasteiger partial charge in [0.1, 0.15) is 5.75 Å². The van der Waals surface area contributed by atoms with Crippen LogP contribution in [0.25, 0.3) is 0 Å². The van der Waals surface area contributed by atoms with Crippen LogP contribution in [-0.2, 0) is 11.3 Å². The van der Waals surface area contributed by atoms with E-state index in [1.165, 1.54) is 0 Å². The number of hydrogen-bond acceptors (Lipinski definition) is 3. The number of nitrogens with one attached hydrogen (secondary N) is 2. The summed E-state index contributed by atoms with van der Waals surface area (Å²) >= 11 is 3.37. The quantitative estimate of drug-likeness (QED) is 0.768. The SMILES string of the molecule is CCNCc1ccccc1NC(=O)C(C)Oc1ccc(Br)cc1. The number of ether oxygens (including phenoxy) is 1. The van der Waals surface area contributed by atoms with Gasteiger partial charge in [-0.05, 0) is 49.4 Å². The lowest BCUT2D eigenvalue weighted by atomic mass is 10.1. The van der Waals surface area contributed by atoms with Gasteiger partial charge in [-0.25, -0.2) is 0 Å². The van der Waals surface area contributed by atoms with E-state index < -0.39 is 6.10 Å². The maximum Gasteiger partial charge on any atom is 0.265 e. The van der Waals surface area contributed by atoms with Gasteiger partial charge in [-0.15, -0.1) is 0 Å². The van der Waals surface area contributed by atoms with E-state index >= 15 is 0 Å². The molecule has 2 aromatic carbocycles. The first-order valence-electron chi connectivity index (χ1n) is 7.62. The number of hydrogen-bond donors (Lipinski definition) is 2. The lowest BCUT2D eigenvalue weighted by molar-refractivity contribution is -0.122. The van der Waals surface area contributed by atoms with Crippen LogP contribution in [0.3, 0.4) is 0 Å². The summed E-state index contributed by atoms with van der Waals surface area (Å²) in [5.41, 5.74) is 1.86. The summed E-state index contributed by atoms with van der Waals surface area (Å²) in [6, 6.07) is 15.2. The first kappa shape index (κ1) is 17.5. The lowest BCUT2D eigenvalue weighted by Gasteiger charge is -2.16. The van der Waals surface area contributed by atoms with Crippen molar-refractivity contribution < 1.29 is 9.53 Å². The maximum absolute atomic E-state index is 12.3. The molecule has 1 unspecified atom stereocenters. The largest absolute Gasteiger partial charge is 0.481 e. The van der Waals surface area contributed by atoms with Crippen molar-refractivity contribution in [2.75, 3.05) is 11.9 Å². The Hall–Kier alpha value is -1.85. The third-order valence-electron chi connectivity index (χ3n) is 3.34. The van der Waals surface area contributed by atoms with E-state index in [0.717, 1.165) is 28.8 Å². The van der Waals surface area contributed by atoms with E-state index in [1.807, 2.05) is 48.5 Å². The molecular weight excluding hydrogens is 356 g/mol. The highest BCUT2D eigenvalue weighted by atomic mass is 79.9. The fourth-order valence-corrected chi connectivity index (χ4v) is 2.33. The molecule has 2 rings (SSSR count). The van der Waals surface area contributed by atoms with E-state index in [0.29, 0.717) is 5.75 Å². The average Bonchev–Trinajstić information content (AvgIpc) is 2.56. The third kappa shape index (κ3) is 5.37. The van der Waals surface area contributed by atoms with Crippen LogP contribution in [0.15, 0.2) is 53.0 Å². The molecule has 1 amide bonds. The summed E-state index contributed by atoms with van der Waals surface area (Å²) in [7, 11) is 0. The zero-order valence-electron chi connectivity index (χ0n) is 13.3. The molecule has 0 bridgehead atoms. The van der Waals surface area contributed by atoms with Crippen LogP contribution in [-0.4, -0.2) is 18.6 Å². The minimum Gasteiger partial charge on any atom is -0.481 e. The van der Waals surface area contributed by atoms with Gasteiger partial charge >= 0.3 is 0 Å². The topological polar surface area (TPSA) is 50.4 Å². The molecule has 23 heavy (non-hydrogen) atoms. The standard InChI is InChI=1S/C18H21BrN2O2/c1-3-20-12-14-6-4-5-7-17(14)21-18(22)13(2)23-16-10-8-15(19)9-11-16/h4-11,13,20H,3,12H2,1-2H3,(H,21,22). The van der Waals surface area contributed by atoms with Gasteiger partial charge in [-0.2, -0.15) is 0 Å². The zero-order valence-corrected chi connectivity index (χ0v) is 14.9. The molecule has 0 radical (unpaired) electrons. The van der Waals surface area contributed by atoms with Crippen LogP contribution in [0.4, 0.5) is 5.69 Å². The van der Waals surface area contributed by atoms with Gasteiger partial charge in [-0.3, -0.25) is 4.79 Å². The molecule has 0 aliphatic rings. The molecule has 0 aliphatic carbocycles. The van der Waals surface area contributed by atoms with E-state index in [1.54, 1.807) is 6.92 Å². The van der Waals surface area contributed by atoms with Crippen molar-refractivity contribution in [3.8, 4) is 5.75 Å².